The Labute approximate surface area is 221 Å². The smallest absolute Gasteiger partial charge is 0.160 e. The van der Waals surface area contributed by atoms with Gasteiger partial charge in [0.15, 0.2) is 5.78 Å². The maximum Gasteiger partial charge on any atom is 0.160 e. The maximum absolute atomic E-state index is 14.0. The summed E-state index contributed by atoms with van der Waals surface area (Å²) in [7, 11) is 1.65. The molecule has 2 aromatic rings. The second kappa shape index (κ2) is 8.79. The number of aromatic nitrogens is 3. The molecule has 9 atom stereocenters. The van der Waals surface area contributed by atoms with Crippen molar-refractivity contribution in [3.8, 4) is 5.75 Å². The summed E-state index contributed by atoms with van der Waals surface area (Å²) in [6.07, 6.45) is 10.2. The number of hydrogen-bond donors (Lipinski definition) is 1. The molecule has 1 aromatic carbocycles. The number of methoxy groups -OCH3 is 1. The van der Waals surface area contributed by atoms with Crippen LogP contribution in [-0.2, 0) is 11.3 Å². The number of Topliss-reactive ketones (excluding diaryl/α,β-unsaturated/α-hetero) is 1. The van der Waals surface area contributed by atoms with Crippen molar-refractivity contribution in [2.75, 3.05) is 7.11 Å². The van der Waals surface area contributed by atoms with E-state index in [0.717, 1.165) is 54.8 Å². The van der Waals surface area contributed by atoms with Crippen LogP contribution in [0.4, 0.5) is 0 Å². The van der Waals surface area contributed by atoms with Gasteiger partial charge in [-0.3, -0.25) is 4.79 Å². The van der Waals surface area contributed by atoms with Gasteiger partial charge in [-0.25, -0.2) is 0 Å². The zero-order valence-electron chi connectivity index (χ0n) is 23.4. The zero-order chi connectivity index (χ0) is 26.2. The highest BCUT2D eigenvalue weighted by Crippen LogP contribution is 2.69. The van der Waals surface area contributed by atoms with Gasteiger partial charge in [0.25, 0.3) is 0 Å². The largest absolute Gasteiger partial charge is 0.497 e. The van der Waals surface area contributed by atoms with Gasteiger partial charge in [0.2, 0.25) is 0 Å². The third kappa shape index (κ3) is 3.95. The molecule has 6 rings (SSSR count). The van der Waals surface area contributed by atoms with E-state index in [1.165, 1.54) is 25.7 Å². The third-order valence-electron chi connectivity index (χ3n) is 11.9. The van der Waals surface area contributed by atoms with Crippen molar-refractivity contribution in [1.29, 1.82) is 0 Å². The predicted molar refractivity (Wildman–Crippen MR) is 144 cm³/mol. The fourth-order valence-corrected chi connectivity index (χ4v) is 10.0. The lowest BCUT2D eigenvalue weighted by Crippen LogP contribution is -2.55. The van der Waals surface area contributed by atoms with Crippen LogP contribution >= 0.6 is 0 Å². The second-order valence-electron chi connectivity index (χ2n) is 13.8. The molecule has 0 saturated heterocycles. The van der Waals surface area contributed by atoms with E-state index >= 15 is 0 Å². The first-order valence-electron chi connectivity index (χ1n) is 14.7. The average Bonchev–Trinajstić information content (AvgIpc) is 3.40. The molecule has 202 valence electrons. The van der Waals surface area contributed by atoms with Crippen molar-refractivity contribution in [1.82, 2.24) is 15.0 Å². The van der Waals surface area contributed by atoms with Crippen LogP contribution in [0.3, 0.4) is 0 Å². The van der Waals surface area contributed by atoms with E-state index in [2.05, 4.69) is 31.0 Å². The molecular formula is C31H45N3O3. The monoisotopic (exact) mass is 507 g/mol. The van der Waals surface area contributed by atoms with Crippen LogP contribution in [0.2, 0.25) is 0 Å². The molecule has 4 aliphatic rings. The number of fused-ring (bicyclic) bond motifs is 6. The van der Waals surface area contributed by atoms with Crippen molar-refractivity contribution in [2.45, 2.75) is 97.6 Å². The lowest BCUT2D eigenvalue weighted by atomic mass is 9.44. The Hall–Kier alpha value is -1.95. The number of ketones is 1. The number of nitrogens with zero attached hydrogens (tertiary/aromatic N) is 3. The van der Waals surface area contributed by atoms with E-state index in [0.29, 0.717) is 34.9 Å². The second-order valence-corrected chi connectivity index (χ2v) is 13.8. The molecule has 0 bridgehead atoms. The van der Waals surface area contributed by atoms with E-state index in [4.69, 9.17) is 4.74 Å². The zero-order valence-corrected chi connectivity index (χ0v) is 23.4. The maximum atomic E-state index is 14.0. The standard InChI is InChI=1S/C31H45N3O3/c1-6-19-15-24-22-9-7-20-17-29(2,36)13-14-30(20,3)23(22)11-12-31(24,4)28(19)27(35)18-34-32-25-10-8-21(37-5)16-26(25)33-34/h8,10,16,19-20,22-24,28,36H,6-7,9,11-15,17-18H2,1-5H3/t19-,20+,22-,23+,24+,28?,29-,30+,31+/m1/s1. The Balaban J connectivity index is 1.24. The average molecular weight is 508 g/mol. The van der Waals surface area contributed by atoms with Gasteiger partial charge in [0, 0.05) is 12.0 Å². The van der Waals surface area contributed by atoms with E-state index in [-0.39, 0.29) is 17.9 Å². The molecule has 0 amide bonds. The molecule has 4 aliphatic carbocycles. The first-order chi connectivity index (χ1) is 17.6. The van der Waals surface area contributed by atoms with Gasteiger partial charge in [0.05, 0.1) is 12.7 Å². The van der Waals surface area contributed by atoms with Crippen LogP contribution in [0, 0.1) is 46.3 Å². The third-order valence-corrected chi connectivity index (χ3v) is 11.9. The number of benzene rings is 1. The quantitative estimate of drug-likeness (QED) is 0.533. The van der Waals surface area contributed by atoms with Gasteiger partial charge < -0.3 is 9.84 Å². The molecule has 37 heavy (non-hydrogen) atoms. The molecule has 1 heterocycles. The fraction of sp³-hybridized carbons (Fsp3) is 0.774. The Morgan fingerprint density at radius 2 is 1.84 bits per heavy atom. The molecule has 0 aliphatic heterocycles. The molecule has 1 aromatic heterocycles. The van der Waals surface area contributed by atoms with Crippen LogP contribution in [0.25, 0.3) is 11.0 Å². The topological polar surface area (TPSA) is 77.2 Å². The minimum Gasteiger partial charge on any atom is -0.497 e. The number of ether oxygens (including phenoxy) is 1. The molecule has 4 saturated carbocycles. The number of carbonyl (C=O) groups is 1. The summed E-state index contributed by atoms with van der Waals surface area (Å²) >= 11 is 0. The Bertz CT molecular complexity index is 1190. The predicted octanol–water partition coefficient (Wildman–Crippen LogP) is 6.06. The molecular weight excluding hydrogens is 462 g/mol. The Morgan fingerprint density at radius 1 is 1.05 bits per heavy atom. The molecule has 0 radical (unpaired) electrons. The van der Waals surface area contributed by atoms with Gasteiger partial charge >= 0.3 is 0 Å². The molecule has 0 spiro atoms. The number of hydrogen-bond acceptors (Lipinski definition) is 5. The molecule has 6 nitrogen and oxygen atoms in total. The minimum absolute atomic E-state index is 0.0675. The van der Waals surface area contributed by atoms with Crippen LogP contribution < -0.4 is 4.74 Å². The summed E-state index contributed by atoms with van der Waals surface area (Å²) in [6, 6.07) is 5.68. The first kappa shape index (κ1) is 25.3. The van der Waals surface area contributed by atoms with E-state index < -0.39 is 5.60 Å². The normalized spacial score (nSPS) is 43.2. The van der Waals surface area contributed by atoms with Gasteiger partial charge in [-0.05, 0) is 111 Å². The number of aliphatic hydroxyl groups is 1. The van der Waals surface area contributed by atoms with Gasteiger partial charge in [-0.15, -0.1) is 0 Å². The summed E-state index contributed by atoms with van der Waals surface area (Å²) in [5, 5.41) is 20.1. The number of rotatable bonds is 5. The van der Waals surface area contributed by atoms with Gasteiger partial charge in [0.1, 0.15) is 23.3 Å². The van der Waals surface area contributed by atoms with E-state index in [1.807, 2.05) is 25.1 Å². The molecule has 1 unspecified atom stereocenters. The van der Waals surface area contributed by atoms with Gasteiger partial charge in [-0.1, -0.05) is 27.2 Å². The lowest BCUT2D eigenvalue weighted by Gasteiger charge is -2.61. The fourth-order valence-electron chi connectivity index (χ4n) is 10.0. The van der Waals surface area contributed by atoms with Crippen LogP contribution in [0.1, 0.15) is 85.5 Å². The first-order valence-corrected chi connectivity index (χ1v) is 14.7. The van der Waals surface area contributed by atoms with Crippen molar-refractivity contribution in [2.24, 2.45) is 46.3 Å². The summed E-state index contributed by atoms with van der Waals surface area (Å²) < 4.78 is 5.33. The Morgan fingerprint density at radius 3 is 2.59 bits per heavy atom. The van der Waals surface area contributed by atoms with E-state index in [9.17, 15) is 9.90 Å². The molecule has 6 heteroatoms. The van der Waals surface area contributed by atoms with Crippen molar-refractivity contribution in [3.05, 3.63) is 18.2 Å². The van der Waals surface area contributed by atoms with Crippen molar-refractivity contribution >= 4 is 16.8 Å². The molecule has 1 N–H and O–H groups in total. The minimum atomic E-state index is -0.491. The summed E-state index contributed by atoms with van der Waals surface area (Å²) in [6.45, 7) is 9.57. The summed E-state index contributed by atoms with van der Waals surface area (Å²) in [4.78, 5) is 15.6. The molecule has 4 fully saturated rings. The highest BCUT2D eigenvalue weighted by Gasteiger charge is 2.63. The van der Waals surface area contributed by atoms with Crippen LogP contribution in [-0.4, -0.2) is 38.6 Å². The van der Waals surface area contributed by atoms with E-state index in [1.54, 1.807) is 11.9 Å². The van der Waals surface area contributed by atoms with Crippen molar-refractivity contribution < 1.29 is 14.6 Å². The highest BCUT2D eigenvalue weighted by molar-refractivity contribution is 5.83. The lowest BCUT2D eigenvalue weighted by molar-refractivity contribution is -0.151. The summed E-state index contributed by atoms with van der Waals surface area (Å²) in [5.41, 5.74) is 1.49. The SMILES string of the molecule is CC[C@@H]1C[C@H]2[C@@H]3CC[C@H]4C[C@](C)(O)CC[C@]4(C)[C@H]3CC[C@]2(C)C1C(=O)Cn1nc2ccc(OC)cc2n1. The van der Waals surface area contributed by atoms with Gasteiger partial charge in [-0.2, -0.15) is 15.0 Å². The number of carbonyl (C=O) groups excluding carboxylic acids is 1. The van der Waals surface area contributed by atoms with Crippen LogP contribution in [0.5, 0.6) is 5.75 Å². The van der Waals surface area contributed by atoms with Crippen molar-refractivity contribution in [3.63, 3.8) is 0 Å². The highest BCUT2D eigenvalue weighted by atomic mass is 16.5. The summed E-state index contributed by atoms with van der Waals surface area (Å²) in [5.74, 6) is 4.32. The Kier molecular flexibility index (Phi) is 6.02. The van der Waals surface area contributed by atoms with Crippen LogP contribution in [0.15, 0.2) is 18.2 Å².